The first-order chi connectivity index (χ1) is 11.4. The highest BCUT2D eigenvalue weighted by molar-refractivity contribution is 6.39. The van der Waals surface area contributed by atoms with Crippen LogP contribution in [0.5, 0.6) is 0 Å². The average Bonchev–Trinajstić information content (AvgIpc) is 2.53. The summed E-state index contributed by atoms with van der Waals surface area (Å²) in [6.45, 7) is 5.46. The van der Waals surface area contributed by atoms with Gasteiger partial charge in [-0.15, -0.1) is 0 Å². The fourth-order valence-corrected chi connectivity index (χ4v) is 3.17. The van der Waals surface area contributed by atoms with Gasteiger partial charge in [0.15, 0.2) is 0 Å². The van der Waals surface area contributed by atoms with Gasteiger partial charge in [0.25, 0.3) is 0 Å². The van der Waals surface area contributed by atoms with Crippen LogP contribution in [0, 0.1) is 5.82 Å². The van der Waals surface area contributed by atoms with Gasteiger partial charge in [-0.05, 0) is 44.9 Å². The molecule has 1 saturated heterocycles. The fraction of sp³-hybridized carbons (Fsp3) is 0.529. The molecule has 132 valence electrons. The quantitative estimate of drug-likeness (QED) is 0.816. The largest absolute Gasteiger partial charge is 0.347 e. The molecule has 2 amide bonds. The molecule has 1 aliphatic rings. The molecule has 1 heterocycles. The van der Waals surface area contributed by atoms with E-state index in [0.29, 0.717) is 25.2 Å². The number of nitrogens with zero attached hydrogens (tertiary/aromatic N) is 1. The lowest BCUT2D eigenvalue weighted by molar-refractivity contribution is -0.136. The highest BCUT2D eigenvalue weighted by Crippen LogP contribution is 2.21. The summed E-state index contributed by atoms with van der Waals surface area (Å²) in [5.41, 5.74) is 0.190. The van der Waals surface area contributed by atoms with E-state index >= 15 is 0 Å². The molecule has 0 aromatic heterocycles. The van der Waals surface area contributed by atoms with Crippen molar-refractivity contribution in [3.63, 3.8) is 0 Å². The molecule has 1 aromatic rings. The number of carbonyl (C=O) groups excluding carboxylic acids is 2. The number of nitrogens with one attached hydrogen (secondary N) is 2. The van der Waals surface area contributed by atoms with Crippen LogP contribution >= 0.6 is 11.6 Å². The van der Waals surface area contributed by atoms with Gasteiger partial charge in [-0.25, -0.2) is 4.39 Å². The van der Waals surface area contributed by atoms with Crippen molar-refractivity contribution in [2.75, 3.05) is 18.4 Å². The smallest absolute Gasteiger partial charge is 0.313 e. The Kier molecular flexibility index (Phi) is 6.57. The van der Waals surface area contributed by atoms with Gasteiger partial charge in [0.2, 0.25) is 0 Å². The van der Waals surface area contributed by atoms with Crippen LogP contribution in [-0.4, -0.2) is 41.9 Å². The van der Waals surface area contributed by atoms with Gasteiger partial charge in [0, 0.05) is 30.9 Å². The van der Waals surface area contributed by atoms with Crippen molar-refractivity contribution in [3.8, 4) is 0 Å². The van der Waals surface area contributed by atoms with Crippen molar-refractivity contribution in [1.82, 2.24) is 10.2 Å². The molecule has 0 spiro atoms. The highest BCUT2D eigenvalue weighted by atomic mass is 35.5. The van der Waals surface area contributed by atoms with E-state index in [1.165, 1.54) is 18.6 Å². The van der Waals surface area contributed by atoms with Crippen LogP contribution in [0.3, 0.4) is 0 Å². The lowest BCUT2D eigenvalue weighted by Crippen LogP contribution is -2.48. The first kappa shape index (κ1) is 18.7. The summed E-state index contributed by atoms with van der Waals surface area (Å²) in [6.07, 6.45) is 3.53. The van der Waals surface area contributed by atoms with Gasteiger partial charge in [-0.1, -0.05) is 18.0 Å². The van der Waals surface area contributed by atoms with Crippen molar-refractivity contribution in [1.29, 1.82) is 0 Å². The molecule has 0 unspecified atom stereocenters. The van der Waals surface area contributed by atoms with Crippen molar-refractivity contribution in [2.45, 2.75) is 45.2 Å². The van der Waals surface area contributed by atoms with Crippen LogP contribution in [0.2, 0.25) is 5.02 Å². The van der Waals surface area contributed by atoms with Crippen LogP contribution in [0.15, 0.2) is 18.2 Å². The second-order valence-electron chi connectivity index (χ2n) is 6.21. The van der Waals surface area contributed by atoms with E-state index in [4.69, 9.17) is 11.6 Å². The SMILES string of the molecule is C[C@@H]1CCC[C@H](C)N1CCNC(=O)C(=O)Nc1ccc(Cl)c(F)c1. The monoisotopic (exact) mass is 355 g/mol. The summed E-state index contributed by atoms with van der Waals surface area (Å²) < 4.78 is 13.3. The zero-order valence-electron chi connectivity index (χ0n) is 13.9. The van der Waals surface area contributed by atoms with Crippen LogP contribution < -0.4 is 10.6 Å². The number of amides is 2. The Morgan fingerprint density at radius 1 is 1.25 bits per heavy atom. The Labute approximate surface area is 146 Å². The molecule has 2 rings (SSSR count). The molecule has 2 atom stereocenters. The molecule has 5 nitrogen and oxygen atoms in total. The minimum Gasteiger partial charge on any atom is -0.347 e. The van der Waals surface area contributed by atoms with Gasteiger partial charge in [-0.2, -0.15) is 0 Å². The van der Waals surface area contributed by atoms with Crippen molar-refractivity contribution in [2.24, 2.45) is 0 Å². The molecule has 0 bridgehead atoms. The molecule has 2 N–H and O–H groups in total. The predicted molar refractivity (Wildman–Crippen MR) is 92.5 cm³/mol. The number of benzene rings is 1. The third kappa shape index (κ3) is 4.92. The maximum Gasteiger partial charge on any atom is 0.313 e. The predicted octanol–water partition coefficient (Wildman–Crippen LogP) is 2.80. The Balaban J connectivity index is 1.79. The number of halogens is 2. The molecule has 0 aliphatic carbocycles. The molecule has 1 aromatic carbocycles. The number of piperidine rings is 1. The number of rotatable bonds is 4. The summed E-state index contributed by atoms with van der Waals surface area (Å²) in [6, 6.07) is 4.80. The summed E-state index contributed by atoms with van der Waals surface area (Å²) in [7, 11) is 0. The van der Waals surface area contributed by atoms with Gasteiger partial charge in [0.05, 0.1) is 5.02 Å². The number of hydrogen-bond acceptors (Lipinski definition) is 3. The maximum absolute atomic E-state index is 13.3. The van der Waals surface area contributed by atoms with Crippen molar-refractivity contribution < 1.29 is 14.0 Å². The lowest BCUT2D eigenvalue weighted by atomic mass is 9.98. The van der Waals surface area contributed by atoms with E-state index in [9.17, 15) is 14.0 Å². The highest BCUT2D eigenvalue weighted by Gasteiger charge is 2.24. The summed E-state index contributed by atoms with van der Waals surface area (Å²) in [5, 5.41) is 4.92. The van der Waals surface area contributed by atoms with Gasteiger partial charge >= 0.3 is 11.8 Å². The van der Waals surface area contributed by atoms with Crippen LogP contribution in [0.25, 0.3) is 0 Å². The third-order valence-corrected chi connectivity index (χ3v) is 4.72. The number of anilines is 1. The molecular weight excluding hydrogens is 333 g/mol. The Morgan fingerprint density at radius 3 is 2.54 bits per heavy atom. The normalized spacial score (nSPS) is 21.3. The number of likely N-dealkylation sites (tertiary alicyclic amines) is 1. The number of hydrogen-bond donors (Lipinski definition) is 2. The molecule has 0 saturated carbocycles. The Bertz CT molecular complexity index is 601. The van der Waals surface area contributed by atoms with Crippen LogP contribution in [0.4, 0.5) is 10.1 Å². The topological polar surface area (TPSA) is 61.4 Å². The van der Waals surface area contributed by atoms with E-state index in [-0.39, 0.29) is 10.7 Å². The minimum atomic E-state index is -0.823. The molecular formula is C17H23ClFN3O2. The van der Waals surface area contributed by atoms with E-state index in [0.717, 1.165) is 18.9 Å². The maximum atomic E-state index is 13.3. The van der Waals surface area contributed by atoms with E-state index < -0.39 is 17.6 Å². The minimum absolute atomic E-state index is 0.0396. The summed E-state index contributed by atoms with van der Waals surface area (Å²) in [5.74, 6) is -2.21. The standard InChI is InChI=1S/C17H23ClFN3O2/c1-11-4-3-5-12(2)22(11)9-8-20-16(23)17(24)21-13-6-7-14(18)15(19)10-13/h6-7,10-12H,3-5,8-9H2,1-2H3,(H,20,23)(H,21,24)/t11-,12+. The summed E-state index contributed by atoms with van der Waals surface area (Å²) >= 11 is 5.57. The first-order valence-corrected chi connectivity index (χ1v) is 8.56. The summed E-state index contributed by atoms with van der Waals surface area (Å²) in [4.78, 5) is 26.0. The van der Waals surface area contributed by atoms with Gasteiger partial charge in [0.1, 0.15) is 5.82 Å². The fourth-order valence-electron chi connectivity index (χ4n) is 3.06. The molecule has 7 heteroatoms. The zero-order valence-corrected chi connectivity index (χ0v) is 14.7. The van der Waals surface area contributed by atoms with E-state index in [1.54, 1.807) is 0 Å². The lowest BCUT2D eigenvalue weighted by Gasteiger charge is -2.38. The zero-order chi connectivity index (χ0) is 17.7. The second-order valence-corrected chi connectivity index (χ2v) is 6.61. The Morgan fingerprint density at radius 2 is 1.92 bits per heavy atom. The first-order valence-electron chi connectivity index (χ1n) is 8.18. The molecule has 1 fully saturated rings. The van der Waals surface area contributed by atoms with Crippen molar-refractivity contribution in [3.05, 3.63) is 29.0 Å². The average molecular weight is 356 g/mol. The van der Waals surface area contributed by atoms with Crippen LogP contribution in [-0.2, 0) is 9.59 Å². The Hall–Kier alpha value is -1.66. The van der Waals surface area contributed by atoms with Gasteiger partial charge < -0.3 is 10.6 Å². The second kappa shape index (κ2) is 8.44. The molecule has 24 heavy (non-hydrogen) atoms. The van der Waals surface area contributed by atoms with Crippen molar-refractivity contribution >= 4 is 29.1 Å². The van der Waals surface area contributed by atoms with E-state index in [1.807, 2.05) is 0 Å². The number of carbonyl (C=O) groups is 2. The third-order valence-electron chi connectivity index (χ3n) is 4.42. The van der Waals surface area contributed by atoms with Gasteiger partial charge in [-0.3, -0.25) is 14.5 Å². The van der Waals surface area contributed by atoms with Crippen LogP contribution in [0.1, 0.15) is 33.1 Å². The molecule has 0 radical (unpaired) electrons. The molecule has 1 aliphatic heterocycles. The van der Waals surface area contributed by atoms with E-state index in [2.05, 4.69) is 29.4 Å².